The number of hydrogen-bond donors (Lipinski definition) is 0. The highest BCUT2D eigenvalue weighted by Crippen LogP contribution is 2.39. The second kappa shape index (κ2) is 10.3. The summed E-state index contributed by atoms with van der Waals surface area (Å²) in [5.41, 5.74) is 1.95. The van der Waals surface area contributed by atoms with Gasteiger partial charge in [-0.25, -0.2) is 0 Å². The summed E-state index contributed by atoms with van der Waals surface area (Å²) in [6.45, 7) is 19.7. The molecule has 1 aliphatic rings. The van der Waals surface area contributed by atoms with Crippen LogP contribution in [0.1, 0.15) is 92.9 Å². The van der Waals surface area contributed by atoms with E-state index in [4.69, 9.17) is 4.43 Å². The van der Waals surface area contributed by atoms with Crippen LogP contribution in [0.4, 0.5) is 0 Å². The molecule has 152 valence electrons. The van der Waals surface area contributed by atoms with E-state index in [1.807, 2.05) is 0 Å². The Morgan fingerprint density at radius 1 is 1.12 bits per heavy atom. The first-order chi connectivity index (χ1) is 12.0. The molecule has 0 saturated carbocycles. The van der Waals surface area contributed by atoms with E-state index in [1.165, 1.54) is 44.9 Å². The van der Waals surface area contributed by atoms with Crippen LogP contribution in [0, 0.1) is 11.3 Å². The first kappa shape index (κ1) is 23.7. The Hall–Kier alpha value is -0.343. The molecule has 0 bridgehead atoms. The third-order valence-corrected chi connectivity index (χ3v) is 11.1. The van der Waals surface area contributed by atoms with Gasteiger partial charge in [-0.1, -0.05) is 84.6 Å². The van der Waals surface area contributed by atoms with Gasteiger partial charge in [-0.05, 0) is 61.6 Å². The SMILES string of the molecule is CCCCCC1=CC(CCCCO[Si](C)(C)C(C)(C)C)C(C)(C)C=CC1. The Morgan fingerprint density at radius 3 is 2.42 bits per heavy atom. The van der Waals surface area contributed by atoms with Crippen molar-refractivity contribution in [3.05, 3.63) is 23.8 Å². The maximum absolute atomic E-state index is 6.36. The second-order valence-electron chi connectivity index (χ2n) is 10.4. The standard InChI is InChI=1S/C24H46OSi/c1-9-10-11-15-21-16-14-18-24(5,6)22(20-21)17-12-13-19-25-26(7,8)23(2,3)4/h14,18,20,22H,9-13,15-17,19H2,1-8H3. The fourth-order valence-corrected chi connectivity index (χ4v) is 4.55. The maximum Gasteiger partial charge on any atom is 0.191 e. The molecule has 0 radical (unpaired) electrons. The molecular weight excluding hydrogens is 332 g/mol. The molecule has 1 rings (SSSR count). The molecule has 26 heavy (non-hydrogen) atoms. The van der Waals surface area contributed by atoms with Crippen molar-refractivity contribution >= 4 is 8.32 Å². The van der Waals surface area contributed by atoms with Gasteiger partial charge in [0.25, 0.3) is 0 Å². The zero-order valence-electron chi connectivity index (χ0n) is 19.1. The van der Waals surface area contributed by atoms with Crippen LogP contribution >= 0.6 is 0 Å². The zero-order chi connectivity index (χ0) is 19.8. The van der Waals surface area contributed by atoms with Crippen LogP contribution in [0.3, 0.4) is 0 Å². The van der Waals surface area contributed by atoms with Crippen molar-refractivity contribution in [1.82, 2.24) is 0 Å². The topological polar surface area (TPSA) is 9.23 Å². The van der Waals surface area contributed by atoms with Crippen LogP contribution < -0.4 is 0 Å². The highest BCUT2D eigenvalue weighted by atomic mass is 28.4. The van der Waals surface area contributed by atoms with E-state index in [0.717, 1.165) is 13.0 Å². The molecule has 0 heterocycles. The molecule has 0 fully saturated rings. The Labute approximate surface area is 165 Å². The minimum Gasteiger partial charge on any atom is -0.417 e. The van der Waals surface area contributed by atoms with Crippen LogP contribution in [0.5, 0.6) is 0 Å². The minimum atomic E-state index is -1.58. The molecule has 1 atom stereocenters. The van der Waals surface area contributed by atoms with Gasteiger partial charge in [-0.15, -0.1) is 0 Å². The van der Waals surface area contributed by atoms with Crippen molar-refractivity contribution in [1.29, 1.82) is 0 Å². The Balaban J connectivity index is 2.51. The van der Waals surface area contributed by atoms with Crippen LogP contribution in [0.2, 0.25) is 18.1 Å². The fraction of sp³-hybridized carbons (Fsp3) is 0.833. The number of rotatable bonds is 10. The van der Waals surface area contributed by atoms with Crippen molar-refractivity contribution in [2.24, 2.45) is 11.3 Å². The van der Waals surface area contributed by atoms with Crippen molar-refractivity contribution in [2.45, 2.75) is 111 Å². The van der Waals surface area contributed by atoms with Crippen molar-refractivity contribution < 1.29 is 4.43 Å². The van der Waals surface area contributed by atoms with Gasteiger partial charge in [-0.3, -0.25) is 0 Å². The molecule has 0 N–H and O–H groups in total. The van der Waals surface area contributed by atoms with Crippen LogP contribution in [-0.2, 0) is 4.43 Å². The summed E-state index contributed by atoms with van der Waals surface area (Å²) in [7, 11) is -1.58. The lowest BCUT2D eigenvalue weighted by atomic mass is 9.76. The maximum atomic E-state index is 6.36. The lowest BCUT2D eigenvalue weighted by Crippen LogP contribution is -2.40. The monoisotopic (exact) mass is 378 g/mol. The lowest BCUT2D eigenvalue weighted by molar-refractivity contribution is 0.262. The van der Waals surface area contributed by atoms with Crippen molar-refractivity contribution in [2.75, 3.05) is 6.61 Å². The van der Waals surface area contributed by atoms with Gasteiger partial charge in [0.15, 0.2) is 8.32 Å². The summed E-state index contributed by atoms with van der Waals surface area (Å²) in [6, 6.07) is 0. The molecule has 2 heteroatoms. The third-order valence-electron chi connectivity index (χ3n) is 6.60. The summed E-state index contributed by atoms with van der Waals surface area (Å²) in [6.07, 6.45) is 17.7. The molecule has 0 aromatic carbocycles. The number of hydrogen-bond acceptors (Lipinski definition) is 1. The average Bonchev–Trinajstić information content (AvgIpc) is 2.65. The van der Waals surface area contributed by atoms with Crippen molar-refractivity contribution in [3.8, 4) is 0 Å². The summed E-state index contributed by atoms with van der Waals surface area (Å²) in [5, 5.41) is 0.317. The molecule has 1 unspecified atom stereocenters. The van der Waals surface area contributed by atoms with E-state index in [9.17, 15) is 0 Å². The van der Waals surface area contributed by atoms with Gasteiger partial charge >= 0.3 is 0 Å². The van der Waals surface area contributed by atoms with Gasteiger partial charge in [0.1, 0.15) is 0 Å². The molecule has 1 aliphatic carbocycles. The van der Waals surface area contributed by atoms with Crippen molar-refractivity contribution in [3.63, 3.8) is 0 Å². The Kier molecular flexibility index (Phi) is 9.36. The second-order valence-corrected chi connectivity index (χ2v) is 15.2. The highest BCUT2D eigenvalue weighted by molar-refractivity contribution is 6.74. The summed E-state index contributed by atoms with van der Waals surface area (Å²) in [4.78, 5) is 0. The number of allylic oxidation sites excluding steroid dienone is 4. The van der Waals surface area contributed by atoms with Gasteiger partial charge in [0, 0.05) is 6.61 Å². The van der Waals surface area contributed by atoms with Crippen LogP contribution in [0.25, 0.3) is 0 Å². The molecule has 0 aliphatic heterocycles. The van der Waals surface area contributed by atoms with E-state index in [-0.39, 0.29) is 5.41 Å². The van der Waals surface area contributed by atoms with Gasteiger partial charge in [0.05, 0.1) is 0 Å². The normalized spacial score (nSPS) is 20.8. The summed E-state index contributed by atoms with van der Waals surface area (Å²) >= 11 is 0. The molecule has 0 aromatic heterocycles. The Bertz CT molecular complexity index is 465. The van der Waals surface area contributed by atoms with E-state index in [0.29, 0.717) is 11.0 Å². The fourth-order valence-electron chi connectivity index (χ4n) is 3.46. The smallest absolute Gasteiger partial charge is 0.191 e. The molecular formula is C24H46OSi. The largest absolute Gasteiger partial charge is 0.417 e. The third kappa shape index (κ3) is 7.72. The van der Waals surface area contributed by atoms with Gasteiger partial charge in [-0.2, -0.15) is 0 Å². The van der Waals surface area contributed by atoms with Crippen LogP contribution in [-0.4, -0.2) is 14.9 Å². The van der Waals surface area contributed by atoms with Gasteiger partial charge in [0.2, 0.25) is 0 Å². The molecule has 0 saturated heterocycles. The quantitative estimate of drug-likeness (QED) is 0.211. The molecule has 1 nitrogen and oxygen atoms in total. The first-order valence-electron chi connectivity index (χ1n) is 11.0. The highest BCUT2D eigenvalue weighted by Gasteiger charge is 2.36. The zero-order valence-corrected chi connectivity index (χ0v) is 20.1. The average molecular weight is 379 g/mol. The van der Waals surface area contributed by atoms with E-state index < -0.39 is 8.32 Å². The first-order valence-corrected chi connectivity index (χ1v) is 13.9. The van der Waals surface area contributed by atoms with Crippen LogP contribution in [0.15, 0.2) is 23.8 Å². The number of unbranched alkanes of at least 4 members (excludes halogenated alkanes) is 3. The summed E-state index contributed by atoms with van der Waals surface area (Å²) < 4.78 is 6.36. The molecule has 0 amide bonds. The Morgan fingerprint density at radius 2 is 1.81 bits per heavy atom. The molecule has 0 aromatic rings. The lowest BCUT2D eigenvalue weighted by Gasteiger charge is -2.36. The predicted octanol–water partition coefficient (Wildman–Crippen LogP) is 8.29. The van der Waals surface area contributed by atoms with E-state index in [2.05, 4.69) is 72.9 Å². The predicted molar refractivity (Wildman–Crippen MR) is 120 cm³/mol. The van der Waals surface area contributed by atoms with E-state index >= 15 is 0 Å². The minimum absolute atomic E-state index is 0.285. The summed E-state index contributed by atoms with van der Waals surface area (Å²) in [5.74, 6) is 0.672. The van der Waals surface area contributed by atoms with E-state index in [1.54, 1.807) is 5.57 Å². The molecule has 0 spiro atoms. The van der Waals surface area contributed by atoms with Gasteiger partial charge < -0.3 is 4.43 Å².